The van der Waals surface area contributed by atoms with Gasteiger partial charge >= 0.3 is 0 Å². The molecule has 2 aliphatic rings. The molecule has 2 rings (SSSR count). The molecule has 4 N–H and O–H groups in total. The summed E-state index contributed by atoms with van der Waals surface area (Å²) < 4.78 is 5.53. The highest BCUT2D eigenvalue weighted by Gasteiger charge is 2.48. The van der Waals surface area contributed by atoms with E-state index >= 15 is 0 Å². The van der Waals surface area contributed by atoms with E-state index < -0.39 is 12.2 Å². The van der Waals surface area contributed by atoms with Gasteiger partial charge in [-0.15, -0.1) is 6.58 Å². The van der Waals surface area contributed by atoms with Gasteiger partial charge in [0.25, 0.3) is 6.02 Å². The van der Waals surface area contributed by atoms with Crippen molar-refractivity contribution in [1.29, 1.82) is 0 Å². The van der Waals surface area contributed by atoms with Gasteiger partial charge in [-0.1, -0.05) is 6.08 Å². The Bertz CT molecular complexity index is 321. The van der Waals surface area contributed by atoms with Crippen LogP contribution in [0.5, 0.6) is 0 Å². The minimum Gasteiger partial charge on any atom is -0.460 e. The zero-order valence-corrected chi connectivity index (χ0v) is 9.49. The van der Waals surface area contributed by atoms with Crippen molar-refractivity contribution in [3.05, 3.63) is 12.7 Å². The van der Waals surface area contributed by atoms with Crippen LogP contribution in [-0.4, -0.2) is 58.8 Å². The molecule has 0 aromatic heterocycles. The fourth-order valence-corrected chi connectivity index (χ4v) is 2.33. The van der Waals surface area contributed by atoms with E-state index in [0.717, 1.165) is 0 Å². The molecule has 0 amide bonds. The van der Waals surface area contributed by atoms with Crippen LogP contribution in [0.3, 0.4) is 0 Å². The summed E-state index contributed by atoms with van der Waals surface area (Å²) in [6, 6.07) is 0.00102. The molecular formula is C11H18N2O4. The maximum atomic E-state index is 9.91. The summed E-state index contributed by atoms with van der Waals surface area (Å²) in [6.07, 6.45) is -0.00559. The number of aliphatic hydroxyl groups excluding tert-OH is 3. The lowest BCUT2D eigenvalue weighted by Crippen LogP contribution is -2.56. The first kappa shape index (κ1) is 12.3. The van der Waals surface area contributed by atoms with E-state index in [1.165, 1.54) is 0 Å². The third-order valence-electron chi connectivity index (χ3n) is 3.29. The van der Waals surface area contributed by atoms with Gasteiger partial charge in [0, 0.05) is 12.5 Å². The highest BCUT2D eigenvalue weighted by molar-refractivity contribution is 5.76. The number of fused-ring (bicyclic) bond motifs is 1. The van der Waals surface area contributed by atoms with Crippen molar-refractivity contribution in [3.8, 4) is 0 Å². The minimum atomic E-state index is -0.956. The van der Waals surface area contributed by atoms with Crippen LogP contribution in [0.4, 0.5) is 0 Å². The van der Waals surface area contributed by atoms with Crippen LogP contribution in [0.25, 0.3) is 0 Å². The Balaban J connectivity index is 2.07. The molecule has 96 valence electrons. The average molecular weight is 242 g/mol. The summed E-state index contributed by atoms with van der Waals surface area (Å²) in [6.45, 7) is 3.82. The van der Waals surface area contributed by atoms with Crippen LogP contribution in [-0.2, 0) is 4.74 Å². The van der Waals surface area contributed by atoms with Gasteiger partial charge in [0.15, 0.2) is 0 Å². The molecule has 0 radical (unpaired) electrons. The number of rotatable bonds is 3. The van der Waals surface area contributed by atoms with Crippen LogP contribution < -0.4 is 5.32 Å². The van der Waals surface area contributed by atoms with Crippen molar-refractivity contribution in [1.82, 2.24) is 5.32 Å². The summed E-state index contributed by atoms with van der Waals surface area (Å²) in [5.41, 5.74) is 0. The lowest BCUT2D eigenvalue weighted by molar-refractivity contribution is -0.0948. The van der Waals surface area contributed by atoms with Crippen molar-refractivity contribution in [2.75, 3.05) is 13.2 Å². The largest absolute Gasteiger partial charge is 0.460 e. The monoisotopic (exact) mass is 242 g/mol. The Morgan fingerprint density at radius 1 is 1.47 bits per heavy atom. The third kappa shape index (κ3) is 2.29. The van der Waals surface area contributed by atoms with E-state index in [0.29, 0.717) is 19.0 Å². The van der Waals surface area contributed by atoms with E-state index in [-0.39, 0.29) is 24.7 Å². The number of nitrogens with one attached hydrogen (secondary N) is 1. The molecule has 1 aliphatic carbocycles. The van der Waals surface area contributed by atoms with Gasteiger partial charge in [-0.25, -0.2) is 4.99 Å². The molecular weight excluding hydrogens is 224 g/mol. The number of aliphatic imine (C=N–C) groups is 1. The number of nitrogens with zero attached hydrogens (tertiary/aromatic N) is 1. The first-order valence-corrected chi connectivity index (χ1v) is 5.73. The molecule has 6 heteroatoms. The summed E-state index contributed by atoms with van der Waals surface area (Å²) in [7, 11) is 0. The third-order valence-corrected chi connectivity index (χ3v) is 3.29. The Morgan fingerprint density at radius 2 is 2.24 bits per heavy atom. The standard InChI is InChI=1S/C11H18N2O4/c1-2-3-12-11-13-8-7(17-11)4-6(5-14)9(15)10(8)16/h2,6-10,14-16H,1,3-5H2,(H,12,13)/t6-,7+,8+,9-,10-/m1/s1. The van der Waals surface area contributed by atoms with E-state index in [2.05, 4.69) is 16.9 Å². The van der Waals surface area contributed by atoms with Gasteiger partial charge in [0.2, 0.25) is 0 Å². The predicted octanol–water partition coefficient (Wildman–Crippen LogP) is -1.38. The fraction of sp³-hybridized carbons (Fsp3) is 0.727. The molecule has 0 unspecified atom stereocenters. The second-order valence-electron chi connectivity index (χ2n) is 4.42. The summed E-state index contributed by atoms with van der Waals surface area (Å²) in [4.78, 5) is 4.09. The van der Waals surface area contributed by atoms with Gasteiger partial charge in [0.1, 0.15) is 12.2 Å². The van der Waals surface area contributed by atoms with Crippen molar-refractivity contribution in [2.45, 2.75) is 30.8 Å². The van der Waals surface area contributed by atoms with Gasteiger partial charge in [-0.2, -0.15) is 0 Å². The highest BCUT2D eigenvalue weighted by atomic mass is 16.5. The Kier molecular flexibility index (Phi) is 3.66. The quantitative estimate of drug-likeness (QED) is 0.458. The first-order chi connectivity index (χ1) is 8.17. The van der Waals surface area contributed by atoms with Gasteiger partial charge in [-0.3, -0.25) is 0 Å². The molecule has 5 atom stereocenters. The summed E-state index contributed by atoms with van der Waals surface area (Å²) in [5, 5.41) is 31.8. The first-order valence-electron chi connectivity index (χ1n) is 5.73. The molecule has 1 saturated carbocycles. The van der Waals surface area contributed by atoms with Crippen molar-refractivity contribution in [3.63, 3.8) is 0 Å². The van der Waals surface area contributed by atoms with E-state index in [1.54, 1.807) is 6.08 Å². The Morgan fingerprint density at radius 3 is 2.88 bits per heavy atom. The predicted molar refractivity (Wildman–Crippen MR) is 61.5 cm³/mol. The number of ether oxygens (including phenoxy) is 1. The number of aliphatic hydroxyl groups is 3. The van der Waals surface area contributed by atoms with Gasteiger partial charge in [0.05, 0.1) is 18.7 Å². The van der Waals surface area contributed by atoms with Crippen LogP contribution in [0.15, 0.2) is 17.6 Å². The second-order valence-corrected chi connectivity index (χ2v) is 4.42. The zero-order chi connectivity index (χ0) is 12.4. The molecule has 2 fully saturated rings. The molecule has 0 bridgehead atoms. The van der Waals surface area contributed by atoms with Crippen molar-refractivity contribution >= 4 is 6.02 Å². The van der Waals surface area contributed by atoms with Gasteiger partial charge < -0.3 is 25.4 Å². The summed E-state index contributed by atoms with van der Waals surface area (Å²) in [5.74, 6) is -0.355. The molecule has 6 nitrogen and oxygen atoms in total. The number of hydrogen-bond acceptors (Lipinski definition) is 5. The van der Waals surface area contributed by atoms with Crippen molar-refractivity contribution < 1.29 is 20.1 Å². The number of amidine groups is 1. The van der Waals surface area contributed by atoms with Crippen molar-refractivity contribution in [2.24, 2.45) is 10.9 Å². The topological polar surface area (TPSA) is 94.3 Å². The maximum absolute atomic E-state index is 9.91. The van der Waals surface area contributed by atoms with Crippen LogP contribution >= 0.6 is 0 Å². The summed E-state index contributed by atoms with van der Waals surface area (Å²) >= 11 is 0. The Hall–Kier alpha value is -1.11. The second kappa shape index (κ2) is 5.03. The SMILES string of the molecule is C=CCN=C1N[C@@H]2[C@@H](O)[C@H](O)[C@@H](CO)C[C@@H]2O1. The molecule has 0 spiro atoms. The van der Waals surface area contributed by atoms with Crippen LogP contribution in [0, 0.1) is 5.92 Å². The van der Waals surface area contributed by atoms with Crippen LogP contribution in [0.1, 0.15) is 6.42 Å². The normalized spacial score (nSPS) is 42.8. The molecule has 1 heterocycles. The molecule has 1 aliphatic heterocycles. The molecule has 17 heavy (non-hydrogen) atoms. The lowest BCUT2D eigenvalue weighted by atomic mass is 9.80. The number of hydrogen-bond donors (Lipinski definition) is 4. The van der Waals surface area contributed by atoms with E-state index in [9.17, 15) is 10.2 Å². The molecule has 0 aromatic carbocycles. The lowest BCUT2D eigenvalue weighted by Gasteiger charge is -2.37. The van der Waals surface area contributed by atoms with Gasteiger partial charge in [-0.05, 0) is 6.42 Å². The maximum Gasteiger partial charge on any atom is 0.285 e. The van der Waals surface area contributed by atoms with E-state index in [1.807, 2.05) is 0 Å². The Labute approximate surface area is 99.6 Å². The molecule has 1 saturated heterocycles. The molecule has 0 aromatic rings. The fourth-order valence-electron chi connectivity index (χ4n) is 2.33. The smallest absolute Gasteiger partial charge is 0.285 e. The zero-order valence-electron chi connectivity index (χ0n) is 9.49. The minimum absolute atomic E-state index is 0.163. The highest BCUT2D eigenvalue weighted by Crippen LogP contribution is 2.30. The van der Waals surface area contributed by atoms with Crippen LogP contribution in [0.2, 0.25) is 0 Å². The van der Waals surface area contributed by atoms with E-state index in [4.69, 9.17) is 9.84 Å². The average Bonchev–Trinajstić information content (AvgIpc) is 2.74.